The van der Waals surface area contributed by atoms with Gasteiger partial charge >= 0.3 is 0 Å². The quantitative estimate of drug-likeness (QED) is 0.775. The van der Waals surface area contributed by atoms with Gasteiger partial charge in [-0.25, -0.2) is 0 Å². The van der Waals surface area contributed by atoms with Crippen molar-refractivity contribution in [3.05, 3.63) is 48.0 Å². The van der Waals surface area contributed by atoms with Gasteiger partial charge in [0.25, 0.3) is 5.91 Å². The van der Waals surface area contributed by atoms with Crippen LogP contribution >= 0.6 is 0 Å². The third-order valence-electron chi connectivity index (χ3n) is 2.32. The lowest BCUT2D eigenvalue weighted by Crippen LogP contribution is -2.24. The van der Waals surface area contributed by atoms with Crippen LogP contribution in [0.2, 0.25) is 0 Å². The maximum absolute atomic E-state index is 11.6. The first-order valence-corrected chi connectivity index (χ1v) is 4.79. The molecule has 0 saturated heterocycles. The van der Waals surface area contributed by atoms with Gasteiger partial charge in [0.05, 0.1) is 6.54 Å². The number of aromatic amines is 1. The zero-order valence-corrected chi connectivity index (χ0v) is 8.53. The van der Waals surface area contributed by atoms with E-state index in [1.807, 2.05) is 29.9 Å². The summed E-state index contributed by atoms with van der Waals surface area (Å²) in [7, 11) is 1.95. The molecule has 15 heavy (non-hydrogen) atoms. The van der Waals surface area contributed by atoms with Crippen LogP contribution in [0.5, 0.6) is 0 Å². The molecule has 1 amide bonds. The highest BCUT2D eigenvalue weighted by molar-refractivity contribution is 5.92. The van der Waals surface area contributed by atoms with E-state index in [1.54, 1.807) is 18.3 Å². The van der Waals surface area contributed by atoms with E-state index in [0.717, 1.165) is 5.69 Å². The molecule has 0 aliphatic heterocycles. The maximum Gasteiger partial charge on any atom is 0.268 e. The molecule has 0 aromatic carbocycles. The van der Waals surface area contributed by atoms with Crippen molar-refractivity contribution in [3.8, 4) is 0 Å². The highest BCUT2D eigenvalue weighted by atomic mass is 16.1. The largest absolute Gasteiger partial charge is 0.357 e. The first kappa shape index (κ1) is 9.58. The number of amides is 1. The van der Waals surface area contributed by atoms with Crippen LogP contribution in [0.3, 0.4) is 0 Å². The Morgan fingerprint density at radius 1 is 1.47 bits per heavy atom. The second-order valence-corrected chi connectivity index (χ2v) is 3.38. The first-order chi connectivity index (χ1) is 7.27. The molecule has 0 spiro atoms. The second kappa shape index (κ2) is 4.04. The fourth-order valence-electron chi connectivity index (χ4n) is 1.42. The minimum Gasteiger partial charge on any atom is -0.357 e. The van der Waals surface area contributed by atoms with Crippen LogP contribution in [0.4, 0.5) is 0 Å². The summed E-state index contributed by atoms with van der Waals surface area (Å²) in [5, 5.41) is 2.84. The van der Waals surface area contributed by atoms with Crippen LogP contribution in [-0.4, -0.2) is 15.5 Å². The number of aromatic nitrogens is 2. The first-order valence-electron chi connectivity index (χ1n) is 4.79. The van der Waals surface area contributed by atoms with Crippen molar-refractivity contribution >= 4 is 5.91 Å². The normalized spacial score (nSPS) is 10.2. The number of H-pyrrole nitrogens is 1. The van der Waals surface area contributed by atoms with Gasteiger partial charge in [0.2, 0.25) is 0 Å². The van der Waals surface area contributed by atoms with Gasteiger partial charge in [0, 0.05) is 25.1 Å². The SMILES string of the molecule is Cn1cccc1CNC(=O)c1ccc[nH]1. The maximum atomic E-state index is 11.6. The number of carbonyl (C=O) groups is 1. The molecule has 0 saturated carbocycles. The molecule has 2 rings (SSSR count). The van der Waals surface area contributed by atoms with E-state index >= 15 is 0 Å². The lowest BCUT2D eigenvalue weighted by molar-refractivity contribution is 0.0946. The fraction of sp³-hybridized carbons (Fsp3) is 0.182. The standard InChI is InChI=1S/C11H13N3O/c1-14-7-3-4-9(14)8-13-11(15)10-5-2-6-12-10/h2-7,12H,8H2,1H3,(H,13,15). The van der Waals surface area contributed by atoms with Gasteiger partial charge < -0.3 is 14.9 Å². The topological polar surface area (TPSA) is 49.8 Å². The van der Waals surface area contributed by atoms with Crippen LogP contribution in [0, 0.1) is 0 Å². The number of aryl methyl sites for hydroxylation is 1. The predicted octanol–water partition coefficient (Wildman–Crippen LogP) is 1.28. The lowest BCUT2D eigenvalue weighted by atomic mass is 10.3. The van der Waals surface area contributed by atoms with Crippen LogP contribution in [0.1, 0.15) is 16.2 Å². The zero-order valence-electron chi connectivity index (χ0n) is 8.53. The van der Waals surface area contributed by atoms with E-state index in [-0.39, 0.29) is 5.91 Å². The number of hydrogen-bond acceptors (Lipinski definition) is 1. The lowest BCUT2D eigenvalue weighted by Gasteiger charge is -2.04. The summed E-state index contributed by atoms with van der Waals surface area (Å²) in [5.74, 6) is -0.0822. The van der Waals surface area contributed by atoms with Gasteiger partial charge in [0.1, 0.15) is 5.69 Å². The van der Waals surface area contributed by atoms with Crippen molar-refractivity contribution in [3.63, 3.8) is 0 Å². The van der Waals surface area contributed by atoms with Gasteiger partial charge in [-0.1, -0.05) is 0 Å². The van der Waals surface area contributed by atoms with Crippen molar-refractivity contribution in [2.45, 2.75) is 6.54 Å². The van der Waals surface area contributed by atoms with E-state index in [4.69, 9.17) is 0 Å². The third-order valence-corrected chi connectivity index (χ3v) is 2.32. The zero-order chi connectivity index (χ0) is 10.7. The number of rotatable bonds is 3. The molecule has 0 atom stereocenters. The predicted molar refractivity (Wildman–Crippen MR) is 57.4 cm³/mol. The van der Waals surface area contributed by atoms with Gasteiger partial charge in [-0.05, 0) is 24.3 Å². The Bertz CT molecular complexity index is 442. The molecule has 2 aromatic rings. The molecule has 4 nitrogen and oxygen atoms in total. The van der Waals surface area contributed by atoms with E-state index in [1.165, 1.54) is 0 Å². The monoisotopic (exact) mass is 203 g/mol. The average molecular weight is 203 g/mol. The highest BCUT2D eigenvalue weighted by Crippen LogP contribution is 2.00. The van der Waals surface area contributed by atoms with Crippen LogP contribution in [0.25, 0.3) is 0 Å². The van der Waals surface area contributed by atoms with Gasteiger partial charge in [0.15, 0.2) is 0 Å². The number of nitrogens with zero attached hydrogens (tertiary/aromatic N) is 1. The van der Waals surface area contributed by atoms with Crippen molar-refractivity contribution in [2.24, 2.45) is 7.05 Å². The molecule has 0 radical (unpaired) electrons. The Morgan fingerprint density at radius 3 is 2.93 bits per heavy atom. The molecule has 2 heterocycles. The minimum atomic E-state index is -0.0822. The summed E-state index contributed by atoms with van der Waals surface area (Å²) >= 11 is 0. The molecule has 0 aliphatic carbocycles. The van der Waals surface area contributed by atoms with Crippen LogP contribution < -0.4 is 5.32 Å². The fourth-order valence-corrected chi connectivity index (χ4v) is 1.42. The van der Waals surface area contributed by atoms with E-state index in [2.05, 4.69) is 10.3 Å². The molecule has 2 aromatic heterocycles. The Morgan fingerprint density at radius 2 is 2.33 bits per heavy atom. The second-order valence-electron chi connectivity index (χ2n) is 3.38. The minimum absolute atomic E-state index is 0.0822. The van der Waals surface area contributed by atoms with E-state index < -0.39 is 0 Å². The summed E-state index contributed by atoms with van der Waals surface area (Å²) in [4.78, 5) is 14.4. The molecular formula is C11H13N3O. The summed E-state index contributed by atoms with van der Waals surface area (Å²) in [6, 6.07) is 7.49. The summed E-state index contributed by atoms with van der Waals surface area (Å²) in [6.07, 6.45) is 3.69. The molecular weight excluding hydrogens is 190 g/mol. The highest BCUT2D eigenvalue weighted by Gasteiger charge is 2.05. The summed E-state index contributed by atoms with van der Waals surface area (Å²) < 4.78 is 1.98. The van der Waals surface area contributed by atoms with Gasteiger partial charge in [-0.15, -0.1) is 0 Å². The van der Waals surface area contributed by atoms with Crippen molar-refractivity contribution in [1.82, 2.24) is 14.9 Å². The Balaban J connectivity index is 1.95. The molecule has 0 unspecified atom stereocenters. The van der Waals surface area contributed by atoms with Crippen LogP contribution in [-0.2, 0) is 13.6 Å². The van der Waals surface area contributed by atoms with Crippen molar-refractivity contribution in [1.29, 1.82) is 0 Å². The van der Waals surface area contributed by atoms with E-state index in [9.17, 15) is 4.79 Å². The number of nitrogens with one attached hydrogen (secondary N) is 2. The van der Waals surface area contributed by atoms with Gasteiger partial charge in [-0.2, -0.15) is 0 Å². The molecule has 78 valence electrons. The summed E-state index contributed by atoms with van der Waals surface area (Å²) in [5.41, 5.74) is 1.67. The van der Waals surface area contributed by atoms with Gasteiger partial charge in [-0.3, -0.25) is 4.79 Å². The molecule has 0 fully saturated rings. The van der Waals surface area contributed by atoms with Crippen LogP contribution in [0.15, 0.2) is 36.7 Å². The Labute approximate surface area is 87.9 Å². The summed E-state index contributed by atoms with van der Waals surface area (Å²) in [6.45, 7) is 0.543. The smallest absolute Gasteiger partial charge is 0.268 e. The Kier molecular flexibility index (Phi) is 2.58. The molecule has 0 bridgehead atoms. The molecule has 4 heteroatoms. The van der Waals surface area contributed by atoms with Crippen molar-refractivity contribution in [2.75, 3.05) is 0 Å². The van der Waals surface area contributed by atoms with Crippen molar-refractivity contribution < 1.29 is 4.79 Å². The number of hydrogen-bond donors (Lipinski definition) is 2. The number of carbonyl (C=O) groups excluding carboxylic acids is 1. The average Bonchev–Trinajstić information content (AvgIpc) is 2.85. The third kappa shape index (κ3) is 2.10. The Hall–Kier alpha value is -1.97. The molecule has 2 N–H and O–H groups in total. The van der Waals surface area contributed by atoms with E-state index in [0.29, 0.717) is 12.2 Å². The molecule has 0 aliphatic rings.